The van der Waals surface area contributed by atoms with E-state index in [1.54, 1.807) is 38.1 Å². The molecule has 37 heavy (non-hydrogen) atoms. The van der Waals surface area contributed by atoms with Crippen molar-refractivity contribution >= 4 is 38.4 Å². The van der Waals surface area contributed by atoms with E-state index in [1.807, 2.05) is 0 Å². The van der Waals surface area contributed by atoms with Gasteiger partial charge in [0.2, 0.25) is 11.8 Å². The topological polar surface area (TPSA) is 147 Å². The Bertz CT molecular complexity index is 1410. The van der Waals surface area contributed by atoms with Gasteiger partial charge in [0.15, 0.2) is 5.70 Å². The van der Waals surface area contributed by atoms with Crippen LogP contribution in [0.25, 0.3) is 6.08 Å². The summed E-state index contributed by atoms with van der Waals surface area (Å²) in [5.74, 6) is -1.40. The third kappa shape index (κ3) is 5.58. The number of rotatable bonds is 9. The number of benzene rings is 1. The summed E-state index contributed by atoms with van der Waals surface area (Å²) in [6, 6.07) is 6.20. The van der Waals surface area contributed by atoms with Gasteiger partial charge in [-0.25, -0.2) is 4.57 Å². The third-order valence-corrected chi connectivity index (χ3v) is 6.73. The van der Waals surface area contributed by atoms with Crippen LogP contribution in [0, 0.1) is 13.8 Å². The van der Waals surface area contributed by atoms with Gasteiger partial charge in [-0.1, -0.05) is 12.1 Å². The zero-order valence-corrected chi connectivity index (χ0v) is 21.0. The Kier molecular flexibility index (Phi) is 6.98. The first kappa shape index (κ1) is 26.5. The summed E-state index contributed by atoms with van der Waals surface area (Å²) in [7, 11) is -4.71. The van der Waals surface area contributed by atoms with Crippen molar-refractivity contribution in [3.8, 4) is 5.75 Å². The summed E-state index contributed by atoms with van der Waals surface area (Å²) in [5.41, 5.74) is 8.30. The summed E-state index contributed by atoms with van der Waals surface area (Å²) in [4.78, 5) is 42.3. The molecule has 2 aliphatic heterocycles. The van der Waals surface area contributed by atoms with Crippen molar-refractivity contribution in [2.75, 3.05) is 0 Å². The lowest BCUT2D eigenvalue weighted by atomic mass is 9.90. The molecule has 0 bridgehead atoms. The van der Waals surface area contributed by atoms with Crippen LogP contribution in [-0.2, 0) is 20.6 Å². The van der Waals surface area contributed by atoms with Gasteiger partial charge >= 0.3 is 14.8 Å². The number of halogens is 2. The Morgan fingerprint density at radius 3 is 2.51 bits per heavy atom. The number of phosphoric ester groups is 1. The van der Waals surface area contributed by atoms with Gasteiger partial charge in [0, 0.05) is 43.2 Å². The van der Waals surface area contributed by atoms with E-state index >= 15 is 8.63 Å². The second-order valence-electron chi connectivity index (χ2n) is 9.03. The van der Waals surface area contributed by atoms with Crippen molar-refractivity contribution in [3.05, 3.63) is 70.7 Å². The lowest BCUT2D eigenvalue weighted by Crippen LogP contribution is -2.50. The average Bonchev–Trinajstić information content (AvgIpc) is 3.33. The van der Waals surface area contributed by atoms with Crippen LogP contribution in [0.3, 0.4) is 0 Å². The van der Waals surface area contributed by atoms with E-state index in [0.29, 0.717) is 28.4 Å². The minimum Gasteiger partial charge on any atom is -0.404 e. The number of hydrogen-bond acceptors (Lipinski definition) is 4. The monoisotopic (exact) mass is 534 g/mol. The first-order valence-electron chi connectivity index (χ1n) is 11.4. The summed E-state index contributed by atoms with van der Waals surface area (Å²) < 4.78 is 48.4. The van der Waals surface area contributed by atoms with Crippen molar-refractivity contribution in [1.29, 1.82) is 0 Å². The molecule has 0 radical (unpaired) electrons. The quantitative estimate of drug-likeness (QED) is 0.287. The van der Waals surface area contributed by atoms with Crippen molar-refractivity contribution in [2.45, 2.75) is 39.2 Å². The van der Waals surface area contributed by atoms with Gasteiger partial charge in [0.1, 0.15) is 17.5 Å². The van der Waals surface area contributed by atoms with Crippen LogP contribution >= 0.6 is 7.82 Å². The molecule has 0 saturated heterocycles. The maximum atomic E-state index is 15.5. The predicted octanol–water partition coefficient (Wildman–Crippen LogP) is 2.17. The Hall–Kier alpha value is -3.54. The lowest BCUT2D eigenvalue weighted by molar-refractivity contribution is -0.362. The second-order valence-corrected chi connectivity index (χ2v) is 10.2. The van der Waals surface area contributed by atoms with Crippen LogP contribution in [-0.4, -0.2) is 49.3 Å². The molecule has 1 unspecified atom stereocenters. The molecule has 4 rings (SSSR count). The number of allylic oxidation sites excluding steroid dienone is 2. The highest BCUT2D eigenvalue weighted by molar-refractivity contribution is 7.46. The van der Waals surface area contributed by atoms with Crippen LogP contribution in [0.1, 0.15) is 35.4 Å². The Labute approximate surface area is 211 Å². The molecular weight excluding hydrogens is 508 g/mol. The number of primary amides is 1. The standard InChI is InChI=1S/C23H26BF2N4O6P/c1-14-11-15(2)29-21(14)13-18-6-5-17(30(18)24(29,25)26)7-10-22(31)28-20(23(27)32)12-16-3-8-19(9-4-16)36-37(33,34)35/h3-6,8-9,11,13,20H,7,10,12H2,1-2H3,(H2,27,32)(H,28,31)(H2,33,34,35). The number of carbonyl (C=O) groups excluding carboxylic acids is 2. The lowest BCUT2D eigenvalue weighted by Gasteiger charge is -2.30. The van der Waals surface area contributed by atoms with E-state index in [4.69, 9.17) is 15.5 Å². The molecular formula is C23H26BF2N4O6P. The van der Waals surface area contributed by atoms with Gasteiger partial charge in [-0.15, -0.1) is 0 Å². The number of fused-ring (bicyclic) bond motifs is 2. The molecule has 0 aliphatic carbocycles. The van der Waals surface area contributed by atoms with Gasteiger partial charge in [0.25, 0.3) is 0 Å². The number of aromatic nitrogens is 1. The summed E-state index contributed by atoms with van der Waals surface area (Å²) >= 11 is 0. The Balaban J connectivity index is 1.42. The van der Waals surface area contributed by atoms with E-state index in [-0.39, 0.29) is 25.0 Å². The molecule has 196 valence electrons. The molecule has 1 atom stereocenters. The highest BCUT2D eigenvalue weighted by atomic mass is 31.2. The number of amides is 2. The van der Waals surface area contributed by atoms with E-state index in [2.05, 4.69) is 9.84 Å². The number of nitrogens with zero attached hydrogens (tertiary/aromatic N) is 2. The molecule has 1 aromatic heterocycles. The second kappa shape index (κ2) is 9.73. The normalized spacial score (nSPS) is 16.6. The van der Waals surface area contributed by atoms with Gasteiger partial charge in [-0.3, -0.25) is 19.4 Å². The molecule has 14 heteroatoms. The van der Waals surface area contributed by atoms with Crippen molar-refractivity contribution < 1.29 is 41.6 Å². The molecule has 10 nitrogen and oxygen atoms in total. The van der Waals surface area contributed by atoms with Crippen LogP contribution in [0.5, 0.6) is 5.75 Å². The van der Waals surface area contributed by atoms with Crippen molar-refractivity contribution in [1.82, 2.24) is 9.79 Å². The Morgan fingerprint density at radius 2 is 1.89 bits per heavy atom. The minimum absolute atomic E-state index is 0.0168. The number of nitrogens with two attached hydrogens (primary N) is 1. The van der Waals surface area contributed by atoms with Crippen LogP contribution in [0.2, 0.25) is 0 Å². The molecule has 0 fully saturated rings. The van der Waals surface area contributed by atoms with E-state index < -0.39 is 32.6 Å². The molecule has 5 N–H and O–H groups in total. The fourth-order valence-electron chi connectivity index (χ4n) is 4.69. The smallest absolute Gasteiger partial charge is 0.404 e. The number of carbonyl (C=O) groups is 2. The third-order valence-electron chi connectivity index (χ3n) is 6.28. The first-order valence-corrected chi connectivity index (χ1v) is 13.0. The molecule has 0 spiro atoms. The van der Waals surface area contributed by atoms with Gasteiger partial charge in [0.05, 0.1) is 0 Å². The number of phosphoric acid groups is 1. The molecule has 2 amide bonds. The molecule has 0 saturated carbocycles. The average molecular weight is 534 g/mol. The molecule has 2 aliphatic rings. The largest absolute Gasteiger partial charge is 0.737 e. The molecule has 3 heterocycles. The van der Waals surface area contributed by atoms with Crippen LogP contribution in [0.15, 0.2) is 48.2 Å². The number of nitrogens with one attached hydrogen (secondary N) is 1. The number of hydrogen-bond donors (Lipinski definition) is 4. The molecule has 2 aromatic rings. The zero-order valence-electron chi connectivity index (χ0n) is 20.1. The van der Waals surface area contributed by atoms with E-state index in [1.165, 1.54) is 24.3 Å². The highest BCUT2D eigenvalue weighted by Gasteiger charge is 2.52. The van der Waals surface area contributed by atoms with Gasteiger partial charge in [-0.2, -0.15) is 0 Å². The fourth-order valence-corrected chi connectivity index (χ4v) is 5.08. The van der Waals surface area contributed by atoms with Crippen LogP contribution < -0.4 is 15.6 Å². The van der Waals surface area contributed by atoms with E-state index in [0.717, 1.165) is 14.5 Å². The minimum atomic E-state index is -4.71. The zero-order chi connectivity index (χ0) is 27.1. The summed E-state index contributed by atoms with van der Waals surface area (Å²) in [6.07, 6.45) is 4.75. The predicted molar refractivity (Wildman–Crippen MR) is 133 cm³/mol. The van der Waals surface area contributed by atoms with Gasteiger partial charge < -0.3 is 33.2 Å². The molecule has 1 aromatic carbocycles. The SMILES string of the molecule is Cc1cc(C)n2c1C=C1C=CC(CCC(=O)NC(Cc3ccc(OP(=O)(O)O)cc3)C(N)=O)=[N+]1[B-]2(F)F. The van der Waals surface area contributed by atoms with Crippen molar-refractivity contribution in [2.24, 2.45) is 5.73 Å². The summed E-state index contributed by atoms with van der Waals surface area (Å²) in [5, 5.41) is 2.54. The van der Waals surface area contributed by atoms with Crippen molar-refractivity contribution in [3.63, 3.8) is 0 Å². The van der Waals surface area contributed by atoms with Gasteiger partial charge in [-0.05, 0) is 48.9 Å². The van der Waals surface area contributed by atoms with E-state index in [9.17, 15) is 14.2 Å². The Morgan fingerprint density at radius 1 is 1.22 bits per heavy atom. The number of aryl methyl sites for hydroxylation is 2. The first-order chi connectivity index (χ1) is 17.3. The maximum absolute atomic E-state index is 15.5. The maximum Gasteiger partial charge on any atom is 0.737 e. The van der Waals surface area contributed by atoms with Crippen LogP contribution in [0.4, 0.5) is 8.63 Å². The summed E-state index contributed by atoms with van der Waals surface area (Å²) in [6.45, 7) is -0.727. The highest BCUT2D eigenvalue weighted by Crippen LogP contribution is 2.37. The fraction of sp³-hybridized carbons (Fsp3) is 0.261.